The zero-order chi connectivity index (χ0) is 13.1. The Kier molecular flexibility index (Phi) is 3.77. The summed E-state index contributed by atoms with van der Waals surface area (Å²) in [6.45, 7) is 6.80. The molecule has 0 saturated carbocycles. The van der Waals surface area contributed by atoms with Gasteiger partial charge in [0, 0.05) is 19.4 Å². The lowest BCUT2D eigenvalue weighted by atomic mass is 10.1. The number of nitrogens with zero attached hydrogens (tertiary/aromatic N) is 3. The van der Waals surface area contributed by atoms with Gasteiger partial charge >= 0.3 is 0 Å². The molecule has 0 spiro atoms. The molecule has 1 heterocycles. The fourth-order valence-corrected chi connectivity index (χ4v) is 1.97. The van der Waals surface area contributed by atoms with Crippen LogP contribution in [0.4, 0.5) is 0 Å². The molecule has 0 aliphatic carbocycles. The van der Waals surface area contributed by atoms with Gasteiger partial charge in [0.2, 0.25) is 0 Å². The molecule has 0 bridgehead atoms. The number of aryl methyl sites for hydroxylation is 3. The van der Waals surface area contributed by atoms with Crippen LogP contribution in [0.15, 0.2) is 18.2 Å². The molecule has 0 atom stereocenters. The highest BCUT2D eigenvalue weighted by Gasteiger charge is 2.11. The first-order valence-electron chi connectivity index (χ1n) is 6.44. The van der Waals surface area contributed by atoms with E-state index < -0.39 is 0 Å². The summed E-state index contributed by atoms with van der Waals surface area (Å²) in [6.07, 6.45) is 1.73. The van der Waals surface area contributed by atoms with Crippen molar-refractivity contribution in [1.82, 2.24) is 14.8 Å². The molecule has 0 fully saturated rings. The van der Waals surface area contributed by atoms with Crippen LogP contribution < -0.4 is 5.73 Å². The molecule has 0 unspecified atom stereocenters. The van der Waals surface area contributed by atoms with Crippen molar-refractivity contribution in [3.05, 3.63) is 41.0 Å². The third-order valence-electron chi connectivity index (χ3n) is 3.09. The number of hydrogen-bond acceptors (Lipinski definition) is 3. The van der Waals surface area contributed by atoms with Gasteiger partial charge in [-0.05, 0) is 24.1 Å². The van der Waals surface area contributed by atoms with Crippen molar-refractivity contribution in [1.29, 1.82) is 0 Å². The van der Waals surface area contributed by atoms with Crippen molar-refractivity contribution in [3.63, 3.8) is 0 Å². The van der Waals surface area contributed by atoms with Gasteiger partial charge in [0.1, 0.15) is 5.82 Å². The SMILES string of the molecule is CCc1nc(CC)n(-c2cc(CN)ccc2C)n1. The van der Waals surface area contributed by atoms with E-state index in [0.717, 1.165) is 35.7 Å². The van der Waals surface area contributed by atoms with Crippen molar-refractivity contribution < 1.29 is 0 Å². The summed E-state index contributed by atoms with van der Waals surface area (Å²) in [4.78, 5) is 4.54. The molecule has 0 aliphatic heterocycles. The summed E-state index contributed by atoms with van der Waals surface area (Å²) in [5, 5.41) is 4.57. The topological polar surface area (TPSA) is 56.7 Å². The number of rotatable bonds is 4. The van der Waals surface area contributed by atoms with Crippen molar-refractivity contribution in [2.24, 2.45) is 5.73 Å². The van der Waals surface area contributed by atoms with E-state index in [1.165, 1.54) is 5.56 Å². The van der Waals surface area contributed by atoms with Crippen LogP contribution in [0.5, 0.6) is 0 Å². The van der Waals surface area contributed by atoms with Crippen molar-refractivity contribution >= 4 is 0 Å². The Morgan fingerprint density at radius 1 is 1.22 bits per heavy atom. The van der Waals surface area contributed by atoms with E-state index in [9.17, 15) is 0 Å². The Bertz CT molecular complexity index is 543. The molecule has 0 amide bonds. The van der Waals surface area contributed by atoms with Gasteiger partial charge in [-0.25, -0.2) is 9.67 Å². The van der Waals surface area contributed by atoms with Crippen LogP contribution >= 0.6 is 0 Å². The van der Waals surface area contributed by atoms with Gasteiger partial charge in [-0.1, -0.05) is 26.0 Å². The molecular formula is C14H20N4. The molecule has 1 aromatic heterocycles. The number of hydrogen-bond donors (Lipinski definition) is 1. The second-order valence-electron chi connectivity index (χ2n) is 4.39. The van der Waals surface area contributed by atoms with Gasteiger partial charge < -0.3 is 5.73 Å². The summed E-state index contributed by atoms with van der Waals surface area (Å²) < 4.78 is 1.95. The van der Waals surface area contributed by atoms with Crippen LogP contribution in [0.3, 0.4) is 0 Å². The lowest BCUT2D eigenvalue weighted by Gasteiger charge is -2.09. The van der Waals surface area contributed by atoms with Gasteiger partial charge in [0.05, 0.1) is 5.69 Å². The summed E-state index contributed by atoms with van der Waals surface area (Å²) in [7, 11) is 0. The molecule has 0 saturated heterocycles. The monoisotopic (exact) mass is 244 g/mol. The second kappa shape index (κ2) is 5.31. The van der Waals surface area contributed by atoms with Crippen LogP contribution in [0.1, 0.15) is 36.6 Å². The van der Waals surface area contributed by atoms with Crippen LogP contribution in [-0.2, 0) is 19.4 Å². The highest BCUT2D eigenvalue weighted by molar-refractivity contribution is 5.43. The minimum absolute atomic E-state index is 0.546. The zero-order valence-electron chi connectivity index (χ0n) is 11.3. The molecule has 0 radical (unpaired) electrons. The molecule has 1 aromatic carbocycles. The predicted molar refractivity (Wildman–Crippen MR) is 72.7 cm³/mol. The lowest BCUT2D eigenvalue weighted by molar-refractivity contribution is 0.784. The first kappa shape index (κ1) is 12.8. The number of aromatic nitrogens is 3. The van der Waals surface area contributed by atoms with Crippen molar-refractivity contribution in [3.8, 4) is 5.69 Å². The lowest BCUT2D eigenvalue weighted by Crippen LogP contribution is -2.06. The molecule has 96 valence electrons. The van der Waals surface area contributed by atoms with E-state index >= 15 is 0 Å². The molecular weight excluding hydrogens is 224 g/mol. The Morgan fingerprint density at radius 2 is 2.00 bits per heavy atom. The van der Waals surface area contributed by atoms with E-state index in [1.54, 1.807) is 0 Å². The largest absolute Gasteiger partial charge is 0.326 e. The molecule has 0 aliphatic rings. The maximum Gasteiger partial charge on any atom is 0.151 e. The Labute approximate surface area is 108 Å². The number of nitrogens with two attached hydrogens (primary N) is 1. The third kappa shape index (κ3) is 2.29. The van der Waals surface area contributed by atoms with E-state index in [1.807, 2.05) is 4.68 Å². The van der Waals surface area contributed by atoms with Crippen LogP contribution in [0.25, 0.3) is 5.69 Å². The maximum atomic E-state index is 5.70. The second-order valence-corrected chi connectivity index (χ2v) is 4.39. The average molecular weight is 244 g/mol. The Hall–Kier alpha value is -1.68. The van der Waals surface area contributed by atoms with E-state index in [-0.39, 0.29) is 0 Å². The van der Waals surface area contributed by atoms with Crippen LogP contribution in [-0.4, -0.2) is 14.8 Å². The first-order chi connectivity index (χ1) is 8.69. The van der Waals surface area contributed by atoms with Gasteiger partial charge in [-0.2, -0.15) is 5.10 Å². The standard InChI is InChI=1S/C14H20N4/c1-4-13-16-14(5-2)18(17-13)12-8-11(9-15)7-6-10(12)3/h6-8H,4-5,9,15H2,1-3H3. The van der Waals surface area contributed by atoms with Crippen LogP contribution in [0, 0.1) is 6.92 Å². The first-order valence-corrected chi connectivity index (χ1v) is 6.44. The molecule has 2 N–H and O–H groups in total. The Morgan fingerprint density at radius 3 is 2.61 bits per heavy atom. The summed E-state index contributed by atoms with van der Waals surface area (Å²) in [6, 6.07) is 6.25. The highest BCUT2D eigenvalue weighted by Crippen LogP contribution is 2.17. The zero-order valence-corrected chi connectivity index (χ0v) is 11.3. The smallest absolute Gasteiger partial charge is 0.151 e. The fraction of sp³-hybridized carbons (Fsp3) is 0.429. The molecule has 4 heteroatoms. The van der Waals surface area contributed by atoms with Gasteiger partial charge in [-0.3, -0.25) is 0 Å². The van der Waals surface area contributed by atoms with Gasteiger partial charge in [-0.15, -0.1) is 0 Å². The molecule has 18 heavy (non-hydrogen) atoms. The highest BCUT2D eigenvalue weighted by atomic mass is 15.3. The quantitative estimate of drug-likeness (QED) is 0.896. The molecule has 2 aromatic rings. The summed E-state index contributed by atoms with van der Waals surface area (Å²) >= 11 is 0. The van der Waals surface area contributed by atoms with Crippen LogP contribution in [0.2, 0.25) is 0 Å². The van der Waals surface area contributed by atoms with E-state index in [4.69, 9.17) is 5.73 Å². The van der Waals surface area contributed by atoms with Gasteiger partial charge in [0.15, 0.2) is 5.82 Å². The number of benzene rings is 1. The van der Waals surface area contributed by atoms with Crippen molar-refractivity contribution in [2.75, 3.05) is 0 Å². The maximum absolute atomic E-state index is 5.70. The normalized spacial score (nSPS) is 10.9. The van der Waals surface area contributed by atoms with Crippen molar-refractivity contribution in [2.45, 2.75) is 40.2 Å². The van der Waals surface area contributed by atoms with E-state index in [0.29, 0.717) is 6.54 Å². The van der Waals surface area contributed by atoms with E-state index in [2.05, 4.69) is 49.1 Å². The predicted octanol–water partition coefficient (Wildman–Crippen LogP) is 2.16. The summed E-state index contributed by atoms with van der Waals surface area (Å²) in [5.74, 6) is 1.90. The minimum atomic E-state index is 0.546. The molecule has 2 rings (SSSR count). The average Bonchev–Trinajstić information content (AvgIpc) is 2.82. The Balaban J connectivity index is 2.56. The fourth-order valence-electron chi connectivity index (χ4n) is 1.97. The summed E-state index contributed by atoms with van der Waals surface area (Å²) in [5.41, 5.74) is 9.09. The van der Waals surface area contributed by atoms with Gasteiger partial charge in [0.25, 0.3) is 0 Å². The minimum Gasteiger partial charge on any atom is -0.326 e. The molecule has 4 nitrogen and oxygen atoms in total. The third-order valence-corrected chi connectivity index (χ3v) is 3.09.